The van der Waals surface area contributed by atoms with E-state index in [1.165, 1.54) is 6.42 Å². The van der Waals surface area contributed by atoms with Gasteiger partial charge in [0.05, 0.1) is 5.56 Å². The fraction of sp³-hybridized carbons (Fsp3) is 0.381. The Labute approximate surface area is 143 Å². The topological polar surface area (TPSA) is 40.5 Å². The van der Waals surface area contributed by atoms with Crippen molar-refractivity contribution in [2.75, 3.05) is 13.1 Å². The normalized spacial score (nSPS) is 21.6. The van der Waals surface area contributed by atoms with Crippen LogP contribution in [0.1, 0.15) is 36.2 Å². The Balaban J connectivity index is 1.94. The van der Waals surface area contributed by atoms with Gasteiger partial charge >= 0.3 is 5.97 Å². The van der Waals surface area contributed by atoms with Crippen molar-refractivity contribution in [1.82, 2.24) is 4.90 Å². The minimum Gasteiger partial charge on any atom is -0.478 e. The summed E-state index contributed by atoms with van der Waals surface area (Å²) in [5.74, 6) is 0.518. The molecule has 1 heterocycles. The van der Waals surface area contributed by atoms with Gasteiger partial charge in [-0.1, -0.05) is 50.2 Å². The first-order valence-electron chi connectivity index (χ1n) is 8.67. The average molecular weight is 323 g/mol. The van der Waals surface area contributed by atoms with Gasteiger partial charge < -0.3 is 5.11 Å². The molecule has 0 aliphatic carbocycles. The minimum atomic E-state index is -0.865. The lowest BCUT2D eigenvalue weighted by Gasteiger charge is -2.35. The predicted octanol–water partition coefficient (Wildman–Crippen LogP) is 4.53. The van der Waals surface area contributed by atoms with Crippen LogP contribution in [-0.4, -0.2) is 29.1 Å². The fourth-order valence-electron chi connectivity index (χ4n) is 3.92. The first-order valence-corrected chi connectivity index (χ1v) is 8.67. The zero-order chi connectivity index (χ0) is 17.1. The summed E-state index contributed by atoms with van der Waals surface area (Å²) < 4.78 is 0. The Hall–Kier alpha value is -2.13. The van der Waals surface area contributed by atoms with E-state index in [0.717, 1.165) is 36.3 Å². The molecule has 1 aliphatic heterocycles. The Morgan fingerprint density at radius 1 is 1.08 bits per heavy atom. The number of piperidine rings is 1. The van der Waals surface area contributed by atoms with Crippen LogP contribution in [0.25, 0.3) is 11.1 Å². The largest absolute Gasteiger partial charge is 0.478 e. The number of hydrogen-bond donors (Lipinski definition) is 1. The quantitative estimate of drug-likeness (QED) is 0.898. The van der Waals surface area contributed by atoms with Gasteiger partial charge in [0.1, 0.15) is 0 Å². The van der Waals surface area contributed by atoms with Crippen LogP contribution in [-0.2, 0) is 6.54 Å². The average Bonchev–Trinajstić information content (AvgIpc) is 2.54. The molecule has 3 heteroatoms. The maximum absolute atomic E-state index is 11.4. The Morgan fingerprint density at radius 3 is 2.38 bits per heavy atom. The summed E-state index contributed by atoms with van der Waals surface area (Å²) in [4.78, 5) is 13.8. The minimum absolute atomic E-state index is 0.364. The summed E-state index contributed by atoms with van der Waals surface area (Å²) in [6.45, 7) is 7.56. The van der Waals surface area contributed by atoms with Gasteiger partial charge in [-0.2, -0.15) is 0 Å². The van der Waals surface area contributed by atoms with E-state index in [0.29, 0.717) is 17.4 Å². The number of carboxylic acid groups (broad SMARTS) is 1. The van der Waals surface area contributed by atoms with Gasteiger partial charge in [0.15, 0.2) is 0 Å². The zero-order valence-corrected chi connectivity index (χ0v) is 14.4. The smallest absolute Gasteiger partial charge is 0.335 e. The second kappa shape index (κ2) is 7.18. The number of rotatable bonds is 4. The lowest BCUT2D eigenvalue weighted by molar-refractivity contribution is 0.0696. The third kappa shape index (κ3) is 3.85. The van der Waals surface area contributed by atoms with Crippen molar-refractivity contribution in [3.63, 3.8) is 0 Å². The molecule has 1 aliphatic rings. The summed E-state index contributed by atoms with van der Waals surface area (Å²) in [5.41, 5.74) is 3.74. The lowest BCUT2D eigenvalue weighted by Crippen LogP contribution is -2.38. The molecule has 2 atom stereocenters. The summed E-state index contributed by atoms with van der Waals surface area (Å²) >= 11 is 0. The van der Waals surface area contributed by atoms with Gasteiger partial charge in [0, 0.05) is 19.6 Å². The number of hydrogen-bond acceptors (Lipinski definition) is 2. The number of likely N-dealkylation sites (tertiary alicyclic amines) is 1. The fourth-order valence-corrected chi connectivity index (χ4v) is 3.92. The second-order valence-corrected chi connectivity index (χ2v) is 7.18. The van der Waals surface area contributed by atoms with Crippen LogP contribution in [0.3, 0.4) is 0 Å². The molecule has 126 valence electrons. The maximum atomic E-state index is 11.4. The maximum Gasteiger partial charge on any atom is 0.335 e. The van der Waals surface area contributed by atoms with Crippen molar-refractivity contribution in [3.05, 3.63) is 59.7 Å². The summed E-state index contributed by atoms with van der Waals surface area (Å²) in [6, 6.07) is 15.7. The number of aromatic carboxylic acids is 1. The van der Waals surface area contributed by atoms with Crippen LogP contribution in [0, 0.1) is 11.8 Å². The van der Waals surface area contributed by atoms with Crippen molar-refractivity contribution >= 4 is 5.97 Å². The molecule has 1 saturated heterocycles. The molecule has 3 nitrogen and oxygen atoms in total. The van der Waals surface area contributed by atoms with E-state index in [1.54, 1.807) is 6.07 Å². The Kier molecular flexibility index (Phi) is 5.00. The van der Waals surface area contributed by atoms with Crippen LogP contribution < -0.4 is 0 Å². The van der Waals surface area contributed by atoms with Gasteiger partial charge in [-0.3, -0.25) is 4.90 Å². The molecule has 3 rings (SSSR count). The molecule has 1 N–H and O–H groups in total. The summed E-state index contributed by atoms with van der Waals surface area (Å²) in [7, 11) is 0. The van der Waals surface area contributed by atoms with E-state index in [4.69, 9.17) is 0 Å². The van der Waals surface area contributed by atoms with Gasteiger partial charge in [-0.15, -0.1) is 0 Å². The van der Waals surface area contributed by atoms with E-state index in [-0.39, 0.29) is 0 Å². The molecule has 2 aromatic rings. The SMILES string of the molecule is CC1CC(C)CN(Cc2cc(C(=O)O)ccc2-c2ccccc2)C1. The molecule has 0 bridgehead atoms. The molecule has 24 heavy (non-hydrogen) atoms. The highest BCUT2D eigenvalue weighted by molar-refractivity contribution is 5.89. The summed E-state index contributed by atoms with van der Waals surface area (Å²) in [6.07, 6.45) is 1.28. The zero-order valence-electron chi connectivity index (χ0n) is 14.4. The molecular formula is C21H25NO2. The highest BCUT2D eigenvalue weighted by atomic mass is 16.4. The van der Waals surface area contributed by atoms with Crippen molar-refractivity contribution in [2.45, 2.75) is 26.8 Å². The molecule has 2 aromatic carbocycles. The third-order valence-corrected chi connectivity index (χ3v) is 4.78. The van der Waals surface area contributed by atoms with E-state index in [1.807, 2.05) is 30.3 Å². The molecule has 1 fully saturated rings. The highest BCUT2D eigenvalue weighted by Gasteiger charge is 2.23. The first-order chi connectivity index (χ1) is 11.5. The van der Waals surface area contributed by atoms with Crippen molar-refractivity contribution < 1.29 is 9.90 Å². The lowest BCUT2D eigenvalue weighted by atomic mass is 9.90. The van der Waals surface area contributed by atoms with Crippen LogP contribution in [0.15, 0.2) is 48.5 Å². The predicted molar refractivity (Wildman–Crippen MR) is 97.1 cm³/mol. The monoisotopic (exact) mass is 323 g/mol. The molecule has 0 amide bonds. The summed E-state index contributed by atoms with van der Waals surface area (Å²) in [5, 5.41) is 9.35. The van der Waals surface area contributed by atoms with Crippen LogP contribution >= 0.6 is 0 Å². The first kappa shape index (κ1) is 16.7. The number of nitrogens with zero attached hydrogens (tertiary/aromatic N) is 1. The van der Waals surface area contributed by atoms with Gasteiger partial charge in [-0.25, -0.2) is 4.79 Å². The number of benzene rings is 2. The van der Waals surface area contributed by atoms with E-state index < -0.39 is 5.97 Å². The molecule has 0 aromatic heterocycles. The molecular weight excluding hydrogens is 298 g/mol. The number of carbonyl (C=O) groups is 1. The van der Waals surface area contributed by atoms with E-state index in [9.17, 15) is 9.90 Å². The van der Waals surface area contributed by atoms with Gasteiger partial charge in [0.25, 0.3) is 0 Å². The van der Waals surface area contributed by atoms with Crippen LogP contribution in [0.2, 0.25) is 0 Å². The molecule has 2 unspecified atom stereocenters. The van der Waals surface area contributed by atoms with Crippen molar-refractivity contribution in [3.8, 4) is 11.1 Å². The van der Waals surface area contributed by atoms with Gasteiger partial charge in [-0.05, 0) is 47.1 Å². The standard InChI is InChI=1S/C21H25NO2/c1-15-10-16(2)13-22(12-15)14-19-11-18(21(23)24)8-9-20(19)17-6-4-3-5-7-17/h3-9,11,15-16H,10,12-14H2,1-2H3,(H,23,24). The van der Waals surface area contributed by atoms with E-state index >= 15 is 0 Å². The highest BCUT2D eigenvalue weighted by Crippen LogP contribution is 2.28. The molecule has 0 saturated carbocycles. The van der Waals surface area contributed by atoms with Gasteiger partial charge in [0.2, 0.25) is 0 Å². The molecule has 0 radical (unpaired) electrons. The van der Waals surface area contributed by atoms with Crippen molar-refractivity contribution in [2.24, 2.45) is 11.8 Å². The second-order valence-electron chi connectivity index (χ2n) is 7.18. The number of carboxylic acids is 1. The molecule has 0 spiro atoms. The van der Waals surface area contributed by atoms with Crippen LogP contribution in [0.4, 0.5) is 0 Å². The third-order valence-electron chi connectivity index (χ3n) is 4.78. The van der Waals surface area contributed by atoms with Crippen LogP contribution in [0.5, 0.6) is 0 Å². The van der Waals surface area contributed by atoms with E-state index in [2.05, 4.69) is 30.9 Å². The van der Waals surface area contributed by atoms with Crippen molar-refractivity contribution in [1.29, 1.82) is 0 Å². The Morgan fingerprint density at radius 2 is 1.75 bits per heavy atom. The Bertz CT molecular complexity index is 701.